The van der Waals surface area contributed by atoms with E-state index in [4.69, 9.17) is 9.97 Å². The van der Waals surface area contributed by atoms with Crippen LogP contribution in [0.15, 0.2) is 12.3 Å². The fourth-order valence-corrected chi connectivity index (χ4v) is 5.35. The second kappa shape index (κ2) is 8.17. The summed E-state index contributed by atoms with van der Waals surface area (Å²) < 4.78 is 1.93. The van der Waals surface area contributed by atoms with Gasteiger partial charge in [0.1, 0.15) is 5.82 Å². The van der Waals surface area contributed by atoms with Gasteiger partial charge in [0.05, 0.1) is 17.4 Å². The maximum absolute atomic E-state index is 4.96. The highest BCUT2D eigenvalue weighted by atomic mass is 15.3. The van der Waals surface area contributed by atoms with Gasteiger partial charge in [-0.2, -0.15) is 10.1 Å². The van der Waals surface area contributed by atoms with Crippen molar-refractivity contribution in [2.75, 3.05) is 23.7 Å². The molecule has 1 saturated carbocycles. The van der Waals surface area contributed by atoms with E-state index in [0.29, 0.717) is 12.0 Å². The van der Waals surface area contributed by atoms with Crippen LogP contribution in [-0.4, -0.2) is 49.8 Å². The van der Waals surface area contributed by atoms with E-state index in [9.17, 15) is 0 Å². The van der Waals surface area contributed by atoms with E-state index in [1.807, 2.05) is 17.9 Å². The van der Waals surface area contributed by atoms with Gasteiger partial charge in [0.25, 0.3) is 0 Å². The predicted molar refractivity (Wildman–Crippen MR) is 120 cm³/mol. The maximum Gasteiger partial charge on any atom is 0.225 e. The quantitative estimate of drug-likeness (QED) is 0.760. The minimum atomic E-state index is 0.145. The molecule has 3 aliphatic rings. The van der Waals surface area contributed by atoms with Gasteiger partial charge in [0, 0.05) is 30.9 Å². The van der Waals surface area contributed by atoms with Gasteiger partial charge in [-0.3, -0.25) is 4.68 Å². The Kier molecular flexibility index (Phi) is 5.39. The lowest BCUT2D eigenvalue weighted by molar-refractivity contribution is 0.145. The molecule has 2 aromatic heterocycles. The fraction of sp³-hybridized carbons (Fsp3) is 0.696. The Labute approximate surface area is 179 Å². The van der Waals surface area contributed by atoms with Crippen LogP contribution in [0.4, 0.5) is 11.8 Å². The SMILES string of the molecule is CC1CCc2c(nc(NC3CC(N4CCCC4)C3)nc2N[C@H](C)c2ccnn2C)C1. The van der Waals surface area contributed by atoms with Crippen molar-refractivity contribution in [2.45, 2.75) is 76.9 Å². The Morgan fingerprint density at radius 2 is 1.97 bits per heavy atom. The van der Waals surface area contributed by atoms with E-state index < -0.39 is 0 Å². The van der Waals surface area contributed by atoms with Crippen LogP contribution in [0.1, 0.15) is 68.9 Å². The van der Waals surface area contributed by atoms with E-state index in [1.54, 1.807) is 0 Å². The van der Waals surface area contributed by atoms with Crippen LogP contribution in [0.3, 0.4) is 0 Å². The van der Waals surface area contributed by atoms with Crippen molar-refractivity contribution in [3.63, 3.8) is 0 Å². The van der Waals surface area contributed by atoms with E-state index in [0.717, 1.165) is 36.3 Å². The van der Waals surface area contributed by atoms with Crippen LogP contribution in [0.5, 0.6) is 0 Å². The Hall–Kier alpha value is -2.15. The standard InChI is InChI=1S/C23H35N7/c1-15-6-7-19-20(12-15)27-23(26-17-13-18(14-17)30-10-4-5-11-30)28-22(19)25-16(2)21-8-9-24-29(21)3/h8-9,15-18H,4-7,10-14H2,1-3H3,(H2,25,26,27,28)/t15?,16-,17?,18?/m1/s1. The lowest BCUT2D eigenvalue weighted by Crippen LogP contribution is -2.49. The van der Waals surface area contributed by atoms with Crippen LogP contribution in [0.2, 0.25) is 0 Å². The van der Waals surface area contributed by atoms with Crippen LogP contribution in [-0.2, 0) is 19.9 Å². The zero-order valence-electron chi connectivity index (χ0n) is 18.6. The van der Waals surface area contributed by atoms with Crippen LogP contribution < -0.4 is 10.6 Å². The summed E-state index contributed by atoms with van der Waals surface area (Å²) in [6.45, 7) is 7.07. The van der Waals surface area contributed by atoms with Gasteiger partial charge in [-0.15, -0.1) is 0 Å². The van der Waals surface area contributed by atoms with E-state index in [2.05, 4.69) is 40.5 Å². The first-order chi connectivity index (χ1) is 14.6. The summed E-state index contributed by atoms with van der Waals surface area (Å²) in [6.07, 6.45) is 10.3. The summed E-state index contributed by atoms with van der Waals surface area (Å²) in [7, 11) is 1.99. The van der Waals surface area contributed by atoms with Crippen molar-refractivity contribution >= 4 is 11.8 Å². The number of hydrogen-bond donors (Lipinski definition) is 2. The first kappa shape index (κ1) is 19.8. The van der Waals surface area contributed by atoms with Gasteiger partial charge in [-0.1, -0.05) is 6.92 Å². The fourth-order valence-electron chi connectivity index (χ4n) is 5.35. The summed E-state index contributed by atoms with van der Waals surface area (Å²) in [4.78, 5) is 12.6. The van der Waals surface area contributed by atoms with Crippen molar-refractivity contribution in [3.8, 4) is 0 Å². The topological polar surface area (TPSA) is 70.9 Å². The summed E-state index contributed by atoms with van der Waals surface area (Å²) in [5.41, 5.74) is 3.69. The molecule has 30 heavy (non-hydrogen) atoms. The smallest absolute Gasteiger partial charge is 0.225 e. The molecule has 2 atom stereocenters. The largest absolute Gasteiger partial charge is 0.362 e. The predicted octanol–water partition coefficient (Wildman–Crippen LogP) is 3.55. The van der Waals surface area contributed by atoms with Crippen molar-refractivity contribution in [1.29, 1.82) is 0 Å². The van der Waals surface area contributed by atoms with Gasteiger partial charge in [0.2, 0.25) is 5.95 Å². The average Bonchev–Trinajstić information content (AvgIpc) is 3.35. The second-order valence-corrected chi connectivity index (χ2v) is 9.62. The molecule has 0 bridgehead atoms. The highest BCUT2D eigenvalue weighted by Gasteiger charge is 2.35. The Bertz CT molecular complexity index is 880. The van der Waals surface area contributed by atoms with Gasteiger partial charge in [-0.05, 0) is 76.9 Å². The number of rotatable bonds is 6. The van der Waals surface area contributed by atoms with Crippen molar-refractivity contribution in [2.24, 2.45) is 13.0 Å². The molecule has 1 saturated heterocycles. The molecule has 0 aromatic carbocycles. The third-order valence-corrected chi connectivity index (χ3v) is 7.28. The summed E-state index contributed by atoms with van der Waals surface area (Å²) in [5, 5.41) is 11.6. The Balaban J connectivity index is 1.32. The maximum atomic E-state index is 4.96. The molecule has 0 radical (unpaired) electrons. The van der Waals surface area contributed by atoms with Gasteiger partial charge in [0.15, 0.2) is 0 Å². The molecule has 3 heterocycles. The minimum Gasteiger partial charge on any atom is -0.362 e. The number of anilines is 2. The summed E-state index contributed by atoms with van der Waals surface area (Å²) >= 11 is 0. The molecule has 162 valence electrons. The zero-order valence-corrected chi connectivity index (χ0v) is 18.6. The molecule has 5 rings (SSSR count). The number of likely N-dealkylation sites (tertiary alicyclic amines) is 1. The third kappa shape index (κ3) is 3.92. The number of aryl methyl sites for hydroxylation is 1. The van der Waals surface area contributed by atoms with Gasteiger partial charge >= 0.3 is 0 Å². The van der Waals surface area contributed by atoms with E-state index in [-0.39, 0.29) is 6.04 Å². The molecule has 2 aliphatic carbocycles. The number of fused-ring (bicyclic) bond motifs is 1. The average molecular weight is 410 g/mol. The first-order valence-electron chi connectivity index (χ1n) is 11.7. The highest BCUT2D eigenvalue weighted by Crippen LogP contribution is 2.34. The number of nitrogens with one attached hydrogen (secondary N) is 2. The number of nitrogens with zero attached hydrogens (tertiary/aromatic N) is 5. The van der Waals surface area contributed by atoms with Crippen molar-refractivity contribution in [3.05, 3.63) is 29.2 Å². The van der Waals surface area contributed by atoms with Crippen LogP contribution in [0, 0.1) is 5.92 Å². The molecule has 2 aromatic rings. The third-order valence-electron chi connectivity index (χ3n) is 7.28. The molecule has 0 amide bonds. The molecule has 7 nitrogen and oxygen atoms in total. The van der Waals surface area contributed by atoms with Crippen molar-refractivity contribution in [1.82, 2.24) is 24.6 Å². The van der Waals surface area contributed by atoms with Crippen LogP contribution >= 0.6 is 0 Å². The minimum absolute atomic E-state index is 0.145. The van der Waals surface area contributed by atoms with E-state index in [1.165, 1.54) is 56.5 Å². The molecule has 1 unspecified atom stereocenters. The Morgan fingerprint density at radius 1 is 1.17 bits per heavy atom. The number of aromatic nitrogens is 4. The molecule has 2 fully saturated rings. The van der Waals surface area contributed by atoms with Crippen molar-refractivity contribution < 1.29 is 0 Å². The first-order valence-corrected chi connectivity index (χ1v) is 11.7. The Morgan fingerprint density at radius 3 is 2.70 bits per heavy atom. The molecule has 1 aliphatic heterocycles. The van der Waals surface area contributed by atoms with Gasteiger partial charge in [-0.25, -0.2) is 4.98 Å². The molecular weight excluding hydrogens is 374 g/mol. The molecule has 2 N–H and O–H groups in total. The van der Waals surface area contributed by atoms with Gasteiger partial charge < -0.3 is 15.5 Å². The van der Waals surface area contributed by atoms with Crippen LogP contribution in [0.25, 0.3) is 0 Å². The zero-order chi connectivity index (χ0) is 20.7. The lowest BCUT2D eigenvalue weighted by Gasteiger charge is -2.41. The highest BCUT2D eigenvalue weighted by molar-refractivity contribution is 5.53. The summed E-state index contributed by atoms with van der Waals surface area (Å²) in [5.74, 6) is 2.48. The molecular formula is C23H35N7. The molecule has 0 spiro atoms. The second-order valence-electron chi connectivity index (χ2n) is 9.62. The molecule has 7 heteroatoms. The number of hydrogen-bond acceptors (Lipinski definition) is 6. The lowest BCUT2D eigenvalue weighted by atomic mass is 9.85. The summed E-state index contributed by atoms with van der Waals surface area (Å²) in [6, 6.07) is 3.47. The monoisotopic (exact) mass is 409 g/mol. The normalized spacial score (nSPS) is 27.4. The van der Waals surface area contributed by atoms with E-state index >= 15 is 0 Å².